The molecule has 0 aliphatic rings. The second kappa shape index (κ2) is 4.30. The average Bonchev–Trinajstić information content (AvgIpc) is 2.16. The lowest BCUT2D eigenvalue weighted by Crippen LogP contribution is -2.27. The zero-order valence-corrected chi connectivity index (χ0v) is 10.1. The minimum absolute atomic E-state index is 0.164. The molecule has 0 unspecified atom stereocenters. The van der Waals surface area contributed by atoms with Gasteiger partial charge in [-0.05, 0) is 12.1 Å². The van der Waals surface area contributed by atoms with Gasteiger partial charge in [0.2, 0.25) is 32.6 Å². The van der Waals surface area contributed by atoms with E-state index in [9.17, 15) is 5.11 Å². The van der Waals surface area contributed by atoms with Gasteiger partial charge in [0.05, 0.1) is 5.56 Å². The van der Waals surface area contributed by atoms with Crippen molar-refractivity contribution in [2.24, 2.45) is 0 Å². The Kier molecular flexibility index (Phi) is 3.04. The molecule has 2 rings (SSSR count). The van der Waals surface area contributed by atoms with Crippen LogP contribution < -0.4 is 9.37 Å². The fraction of sp³-hybridized carbons (Fsp3) is 0. The van der Waals surface area contributed by atoms with Crippen LogP contribution >= 0.6 is 0 Å². The lowest BCUT2D eigenvalue weighted by Gasteiger charge is -2.05. The highest BCUT2D eigenvalue weighted by atomic mass is 27.1. The largest absolute Gasteiger partial charge is 0.507 e. The number of hydrogen-bond donors (Lipinski definition) is 1. The number of phenolic OH excluding ortho intramolecular Hbond substituents is 1. The van der Waals surface area contributed by atoms with E-state index in [4.69, 9.17) is 0 Å². The zero-order chi connectivity index (χ0) is 10.8. The fourth-order valence-electron chi connectivity index (χ4n) is 1.19. The molecule has 1 heterocycles. The molecule has 0 amide bonds. The van der Waals surface area contributed by atoms with Gasteiger partial charge in [-0.1, -0.05) is 12.1 Å². The Bertz CT molecular complexity index is 484. The second-order valence-corrected chi connectivity index (χ2v) is 3.93. The van der Waals surface area contributed by atoms with E-state index < -0.39 is 0 Å². The fourth-order valence-corrected chi connectivity index (χ4v) is 1.85. The molecular formula is C9H5Al2N3O. The Labute approximate surface area is 103 Å². The summed E-state index contributed by atoms with van der Waals surface area (Å²) in [5, 5.41) is 9.63. The van der Waals surface area contributed by atoms with Crippen LogP contribution in [-0.4, -0.2) is 52.6 Å². The topological polar surface area (TPSA) is 58.9 Å². The maximum atomic E-state index is 9.63. The summed E-state index contributed by atoms with van der Waals surface area (Å²) in [6.45, 7) is 0. The molecule has 0 fully saturated rings. The average molecular weight is 225 g/mol. The van der Waals surface area contributed by atoms with E-state index in [1.165, 1.54) is 0 Å². The van der Waals surface area contributed by atoms with Crippen LogP contribution in [0.2, 0.25) is 0 Å². The Morgan fingerprint density at radius 3 is 2.13 bits per heavy atom. The molecule has 0 saturated heterocycles. The second-order valence-electron chi connectivity index (χ2n) is 2.89. The van der Waals surface area contributed by atoms with Gasteiger partial charge in [0.25, 0.3) is 0 Å². The smallest absolute Gasteiger partial charge is 0.244 e. The number of aromatic nitrogens is 3. The van der Waals surface area contributed by atoms with Gasteiger partial charge in [-0.2, -0.15) is 0 Å². The predicted molar refractivity (Wildman–Crippen MR) is 57.7 cm³/mol. The summed E-state index contributed by atoms with van der Waals surface area (Å²) in [5.41, 5.74) is 0.604. The van der Waals surface area contributed by atoms with Crippen molar-refractivity contribution in [1.82, 2.24) is 15.0 Å². The highest BCUT2D eigenvalue weighted by Crippen LogP contribution is 2.23. The number of para-hydroxylation sites is 1. The predicted octanol–water partition coefficient (Wildman–Crippen LogP) is -1.17. The zero-order valence-electron chi connectivity index (χ0n) is 7.75. The number of rotatable bonds is 1. The van der Waals surface area contributed by atoms with Crippen molar-refractivity contribution >= 4 is 42.0 Å². The SMILES string of the molecule is Oc1ccccc1-c1n[c]([Al])n[c]([Al])n1. The van der Waals surface area contributed by atoms with Crippen LogP contribution in [0.4, 0.5) is 0 Å². The van der Waals surface area contributed by atoms with E-state index in [2.05, 4.69) is 47.5 Å². The first-order chi connectivity index (χ1) is 7.16. The van der Waals surface area contributed by atoms with Gasteiger partial charge in [-0.15, -0.1) is 0 Å². The summed E-state index contributed by atoms with van der Waals surface area (Å²) in [4.78, 5) is 12.3. The first-order valence-corrected chi connectivity index (χ1v) is 5.37. The third-order valence-electron chi connectivity index (χ3n) is 1.81. The third-order valence-corrected chi connectivity index (χ3v) is 2.33. The molecule has 68 valence electrons. The van der Waals surface area contributed by atoms with E-state index in [-0.39, 0.29) is 5.75 Å². The van der Waals surface area contributed by atoms with E-state index >= 15 is 0 Å². The molecule has 6 heteroatoms. The van der Waals surface area contributed by atoms with E-state index in [1.807, 2.05) is 6.07 Å². The standard InChI is InChI=1S/C9H5N3O.2Al/c13-8-4-2-1-3-7(8)9-11-5-10-6-12-9;;/h1-4,13H;;. The third kappa shape index (κ3) is 2.37. The minimum Gasteiger partial charge on any atom is -0.507 e. The van der Waals surface area contributed by atoms with Gasteiger partial charge >= 0.3 is 0 Å². The summed E-state index contributed by atoms with van der Waals surface area (Å²) >= 11 is 4.81. The number of benzene rings is 1. The molecule has 0 aliphatic heterocycles. The Balaban J connectivity index is 2.59. The Morgan fingerprint density at radius 2 is 1.53 bits per heavy atom. The first kappa shape index (κ1) is 10.6. The molecule has 0 atom stereocenters. The van der Waals surface area contributed by atoms with Gasteiger partial charge in [0.1, 0.15) is 5.75 Å². The van der Waals surface area contributed by atoms with Crippen LogP contribution in [0.5, 0.6) is 5.75 Å². The summed E-state index contributed by atoms with van der Waals surface area (Å²) in [5.74, 6) is 0.635. The van der Waals surface area contributed by atoms with Gasteiger partial charge < -0.3 is 5.11 Å². The molecule has 1 aromatic heterocycles. The van der Waals surface area contributed by atoms with Gasteiger partial charge in [-0.25, -0.2) is 9.97 Å². The van der Waals surface area contributed by atoms with Crippen molar-refractivity contribution in [1.29, 1.82) is 0 Å². The Morgan fingerprint density at radius 1 is 0.933 bits per heavy atom. The van der Waals surface area contributed by atoms with E-state index in [0.717, 1.165) is 0 Å². The van der Waals surface area contributed by atoms with Gasteiger partial charge in [-0.3, -0.25) is 4.98 Å². The van der Waals surface area contributed by atoms with Crippen molar-refractivity contribution in [2.75, 3.05) is 0 Å². The number of hydrogen-bond acceptors (Lipinski definition) is 4. The highest BCUT2D eigenvalue weighted by Gasteiger charge is 2.06. The number of aromatic hydroxyl groups is 1. The van der Waals surface area contributed by atoms with Crippen LogP contribution in [0.1, 0.15) is 0 Å². The van der Waals surface area contributed by atoms with Crippen LogP contribution in [0.15, 0.2) is 24.3 Å². The van der Waals surface area contributed by atoms with Crippen LogP contribution in [-0.2, 0) is 0 Å². The van der Waals surface area contributed by atoms with Crippen LogP contribution in [0.3, 0.4) is 0 Å². The normalized spacial score (nSPS) is 10.1. The Hall–Kier alpha value is -0.905. The minimum atomic E-state index is 0.164. The van der Waals surface area contributed by atoms with E-state index in [1.54, 1.807) is 18.2 Å². The van der Waals surface area contributed by atoms with Crippen molar-refractivity contribution < 1.29 is 5.11 Å². The molecule has 0 aliphatic carbocycles. The van der Waals surface area contributed by atoms with Crippen molar-refractivity contribution in [3.63, 3.8) is 0 Å². The van der Waals surface area contributed by atoms with E-state index in [0.29, 0.717) is 20.8 Å². The van der Waals surface area contributed by atoms with Crippen molar-refractivity contribution in [3.8, 4) is 17.1 Å². The molecule has 1 N–H and O–H groups in total. The quantitative estimate of drug-likeness (QED) is 0.621. The maximum Gasteiger partial charge on any atom is 0.244 e. The summed E-state index contributed by atoms with van der Waals surface area (Å²) in [7, 11) is 0. The summed E-state index contributed by atoms with van der Waals surface area (Å²) in [6, 6.07) is 6.94. The molecular weight excluding hydrogens is 220 g/mol. The lowest BCUT2D eigenvalue weighted by atomic mass is 10.2. The van der Waals surface area contributed by atoms with Crippen LogP contribution in [0.25, 0.3) is 11.4 Å². The molecule has 4 radical (unpaired) electrons. The molecule has 0 saturated carbocycles. The number of nitrogens with zero attached hydrogens (tertiary/aromatic N) is 3. The molecule has 2 aromatic rings. The molecule has 0 bridgehead atoms. The monoisotopic (exact) mass is 225 g/mol. The number of phenols is 1. The van der Waals surface area contributed by atoms with Crippen LogP contribution in [0, 0.1) is 0 Å². The first-order valence-electron chi connectivity index (χ1n) is 4.22. The molecule has 1 aromatic carbocycles. The maximum absolute atomic E-state index is 9.63. The summed E-state index contributed by atoms with van der Waals surface area (Å²) < 4.78 is 1.10. The highest BCUT2D eigenvalue weighted by molar-refractivity contribution is 6.33. The van der Waals surface area contributed by atoms with Gasteiger partial charge in [0.15, 0.2) is 5.82 Å². The van der Waals surface area contributed by atoms with Crippen molar-refractivity contribution in [2.45, 2.75) is 0 Å². The molecule has 0 spiro atoms. The van der Waals surface area contributed by atoms with Crippen molar-refractivity contribution in [3.05, 3.63) is 24.3 Å². The molecule has 15 heavy (non-hydrogen) atoms. The summed E-state index contributed by atoms with van der Waals surface area (Å²) in [6.07, 6.45) is 0. The lowest BCUT2D eigenvalue weighted by molar-refractivity contribution is 0.477. The van der Waals surface area contributed by atoms with Gasteiger partial charge in [0, 0.05) is 9.37 Å². The molecule has 4 nitrogen and oxygen atoms in total.